The van der Waals surface area contributed by atoms with Gasteiger partial charge in [0.05, 0.1) is 24.2 Å². The van der Waals surface area contributed by atoms with E-state index in [0.29, 0.717) is 30.7 Å². The smallest absolute Gasteiger partial charge is 0.224 e. The van der Waals surface area contributed by atoms with Crippen molar-refractivity contribution in [3.05, 3.63) is 72.3 Å². The Hall–Kier alpha value is -3.19. The molecule has 7 heteroatoms. The second kappa shape index (κ2) is 10.4. The summed E-state index contributed by atoms with van der Waals surface area (Å²) in [5, 5.41) is 4.39. The van der Waals surface area contributed by atoms with Gasteiger partial charge in [-0.15, -0.1) is 0 Å². The van der Waals surface area contributed by atoms with Crippen LogP contribution in [0.3, 0.4) is 0 Å². The Balaban J connectivity index is 0.000000176. The maximum Gasteiger partial charge on any atom is 0.224 e. The number of carbonyl (C=O) groups is 1. The zero-order chi connectivity index (χ0) is 20.5. The van der Waals surface area contributed by atoms with Crippen LogP contribution in [0.5, 0.6) is 5.75 Å². The highest BCUT2D eigenvalue weighted by Gasteiger charge is 2.14. The number of rotatable bonds is 5. The third-order valence-corrected chi connectivity index (χ3v) is 4.81. The molecule has 1 aromatic heterocycles. The molecule has 0 saturated carbocycles. The minimum absolute atomic E-state index is 0.0632. The van der Waals surface area contributed by atoms with Crippen molar-refractivity contribution in [2.24, 2.45) is 0 Å². The summed E-state index contributed by atoms with van der Waals surface area (Å²) in [5.41, 5.74) is 4.42. The number of benzene rings is 2. The van der Waals surface area contributed by atoms with Gasteiger partial charge in [-0.05, 0) is 48.7 Å². The second-order valence-electron chi connectivity index (χ2n) is 6.52. The third kappa shape index (κ3) is 5.89. The van der Waals surface area contributed by atoms with Crippen LogP contribution in [-0.4, -0.2) is 31.6 Å². The van der Waals surface area contributed by atoms with Gasteiger partial charge in [0.1, 0.15) is 5.75 Å². The van der Waals surface area contributed by atoms with E-state index in [9.17, 15) is 9.00 Å². The highest BCUT2D eigenvalue weighted by Crippen LogP contribution is 2.26. The van der Waals surface area contributed by atoms with Gasteiger partial charge in [0.15, 0.2) is 0 Å². The topological polar surface area (TPSA) is 73.2 Å². The van der Waals surface area contributed by atoms with Gasteiger partial charge in [-0.2, -0.15) is 0 Å². The Labute approximate surface area is 173 Å². The number of anilines is 1. The van der Waals surface area contributed by atoms with Gasteiger partial charge in [-0.25, -0.2) is 9.19 Å². The molecule has 0 radical (unpaired) electrons. The second-order valence-corrected chi connectivity index (χ2v) is 7.05. The number of hydrogen-bond donors (Lipinski definition) is 1. The maximum absolute atomic E-state index is 11.2. The number of nitrogens with zero attached hydrogens (tertiary/aromatic N) is 2. The zero-order valence-corrected chi connectivity index (χ0v) is 17.0. The van der Waals surface area contributed by atoms with Crippen LogP contribution in [0.15, 0.2) is 61.2 Å². The summed E-state index contributed by atoms with van der Waals surface area (Å²) < 4.78 is 17.6. The Kier molecular flexibility index (Phi) is 7.35. The van der Waals surface area contributed by atoms with Crippen molar-refractivity contribution in [2.45, 2.75) is 26.2 Å². The van der Waals surface area contributed by atoms with Gasteiger partial charge in [0.2, 0.25) is 5.91 Å². The lowest BCUT2D eigenvalue weighted by Gasteiger charge is -2.17. The summed E-state index contributed by atoms with van der Waals surface area (Å²) >= 11 is 0.457. The quantitative estimate of drug-likeness (QED) is 0.517. The summed E-state index contributed by atoms with van der Waals surface area (Å²) in [6.45, 7) is 2.59. The van der Waals surface area contributed by atoms with Gasteiger partial charge in [0.25, 0.3) is 0 Å². The molecule has 6 nitrogen and oxygen atoms in total. The van der Waals surface area contributed by atoms with E-state index in [1.54, 1.807) is 11.6 Å². The van der Waals surface area contributed by atoms with E-state index in [4.69, 9.17) is 4.74 Å². The molecule has 0 atom stereocenters. The molecule has 3 aromatic rings. The lowest BCUT2D eigenvalue weighted by atomic mass is 10.0. The Morgan fingerprint density at radius 3 is 2.86 bits per heavy atom. The molecule has 0 saturated heterocycles. The average Bonchev–Trinajstić information content (AvgIpc) is 3.27. The van der Waals surface area contributed by atoms with E-state index >= 15 is 0 Å². The molecular formula is C22H23N3O3S. The number of ether oxygens (including phenoxy) is 1. The van der Waals surface area contributed by atoms with Gasteiger partial charge >= 0.3 is 0 Å². The maximum atomic E-state index is 11.2. The average molecular weight is 410 g/mol. The number of aromatic nitrogens is 2. The van der Waals surface area contributed by atoms with Gasteiger partial charge in [0, 0.05) is 42.0 Å². The van der Waals surface area contributed by atoms with Crippen LogP contribution in [0.1, 0.15) is 24.0 Å². The van der Waals surface area contributed by atoms with Crippen molar-refractivity contribution in [1.82, 2.24) is 9.55 Å². The van der Waals surface area contributed by atoms with E-state index in [2.05, 4.69) is 29.4 Å². The molecule has 0 unspecified atom stereocenters. The number of amides is 1. The Morgan fingerprint density at radius 2 is 2.10 bits per heavy atom. The number of para-hydroxylation sites is 1. The molecule has 0 aliphatic carbocycles. The van der Waals surface area contributed by atoms with Crippen molar-refractivity contribution in [2.75, 3.05) is 11.9 Å². The molecule has 0 fully saturated rings. The first-order valence-corrected chi connectivity index (χ1v) is 10.2. The Morgan fingerprint density at radius 1 is 1.24 bits per heavy atom. The number of fused-ring (bicyclic) bond motifs is 1. The fourth-order valence-corrected chi connectivity index (χ4v) is 3.17. The van der Waals surface area contributed by atoms with Gasteiger partial charge in [-0.1, -0.05) is 18.2 Å². The van der Waals surface area contributed by atoms with Crippen molar-refractivity contribution >= 4 is 28.2 Å². The SMILES string of the molecule is Cc1ccccc1-n1ccnc1.O=S=CCCOc1ccc2c(c1)CCC(=O)N2. The van der Waals surface area contributed by atoms with Crippen LogP contribution in [0, 0.1) is 6.92 Å². The summed E-state index contributed by atoms with van der Waals surface area (Å²) in [6, 6.07) is 13.9. The number of aryl methyl sites for hydroxylation is 2. The predicted molar refractivity (Wildman–Crippen MR) is 116 cm³/mol. The predicted octanol–water partition coefficient (Wildman–Crippen LogP) is 3.54. The van der Waals surface area contributed by atoms with Crippen LogP contribution in [0.2, 0.25) is 0 Å². The molecule has 2 aromatic carbocycles. The first-order chi connectivity index (χ1) is 14.2. The highest BCUT2D eigenvalue weighted by atomic mass is 32.1. The van der Waals surface area contributed by atoms with E-state index in [0.717, 1.165) is 23.4 Å². The number of nitrogens with one attached hydrogen (secondary N) is 1. The summed E-state index contributed by atoms with van der Waals surface area (Å²) in [7, 11) is 0. The number of hydrogen-bond acceptors (Lipinski definition) is 4. The van der Waals surface area contributed by atoms with Crippen molar-refractivity contribution < 1.29 is 13.7 Å². The Bertz CT molecular complexity index is 1010. The largest absolute Gasteiger partial charge is 0.493 e. The molecule has 1 aliphatic rings. The lowest BCUT2D eigenvalue weighted by molar-refractivity contribution is -0.116. The van der Waals surface area contributed by atoms with E-state index in [-0.39, 0.29) is 5.91 Å². The van der Waals surface area contributed by atoms with Crippen LogP contribution in [0.25, 0.3) is 5.69 Å². The molecule has 0 spiro atoms. The zero-order valence-electron chi connectivity index (χ0n) is 16.2. The van der Waals surface area contributed by atoms with E-state index in [1.807, 2.05) is 47.4 Å². The molecule has 0 bridgehead atoms. The van der Waals surface area contributed by atoms with E-state index in [1.165, 1.54) is 11.3 Å². The molecule has 1 N–H and O–H groups in total. The monoisotopic (exact) mass is 409 g/mol. The van der Waals surface area contributed by atoms with Crippen LogP contribution >= 0.6 is 0 Å². The molecule has 1 amide bonds. The molecule has 1 aliphatic heterocycles. The van der Waals surface area contributed by atoms with Gasteiger partial charge in [-0.3, -0.25) is 4.79 Å². The summed E-state index contributed by atoms with van der Waals surface area (Å²) in [4.78, 5) is 15.2. The number of carbonyl (C=O) groups excluding carboxylic acids is 1. The molecular weight excluding hydrogens is 386 g/mol. The lowest BCUT2D eigenvalue weighted by Crippen LogP contribution is -2.18. The van der Waals surface area contributed by atoms with Gasteiger partial charge < -0.3 is 14.6 Å². The molecule has 29 heavy (non-hydrogen) atoms. The fourth-order valence-electron chi connectivity index (χ4n) is 2.98. The highest BCUT2D eigenvalue weighted by molar-refractivity contribution is 7.64. The molecule has 150 valence electrons. The minimum atomic E-state index is 0.0632. The summed E-state index contributed by atoms with van der Waals surface area (Å²) in [6.07, 6.45) is 7.44. The van der Waals surface area contributed by atoms with Crippen molar-refractivity contribution in [3.8, 4) is 11.4 Å². The van der Waals surface area contributed by atoms with Crippen LogP contribution in [0.4, 0.5) is 5.69 Å². The van der Waals surface area contributed by atoms with Crippen LogP contribution < -0.4 is 10.1 Å². The third-order valence-electron chi connectivity index (χ3n) is 4.44. The first-order valence-electron chi connectivity index (χ1n) is 9.37. The summed E-state index contributed by atoms with van der Waals surface area (Å²) in [5.74, 6) is 0.845. The number of imidazole rings is 1. The first kappa shape index (κ1) is 20.5. The van der Waals surface area contributed by atoms with Crippen molar-refractivity contribution in [1.29, 1.82) is 0 Å². The van der Waals surface area contributed by atoms with Crippen molar-refractivity contribution in [3.63, 3.8) is 0 Å². The fraction of sp³-hybridized carbons (Fsp3) is 0.227. The van der Waals surface area contributed by atoms with E-state index < -0.39 is 0 Å². The standard InChI is InChI=1S/C12H13NO3S.C10H10N2/c14-12-5-2-9-8-10(3-4-11(9)13-12)16-6-1-7-17-15;1-9-4-2-3-5-10(9)12-7-6-11-8-12/h3-4,7-8H,1-2,5-6H2,(H,13,14);2-8H,1H3. The minimum Gasteiger partial charge on any atom is -0.493 e. The molecule has 2 heterocycles. The molecule has 4 rings (SSSR count). The normalized spacial score (nSPS) is 12.1. The van der Waals surface area contributed by atoms with Crippen LogP contribution in [-0.2, 0) is 22.5 Å².